The molecule has 0 fully saturated rings. The van der Waals surface area contributed by atoms with Gasteiger partial charge < -0.3 is 15.8 Å². The van der Waals surface area contributed by atoms with Crippen LogP contribution in [0.2, 0.25) is 0 Å². The van der Waals surface area contributed by atoms with Gasteiger partial charge in [-0.25, -0.2) is 0 Å². The maximum absolute atomic E-state index is 13.0. The minimum atomic E-state index is -4.51. The molecule has 7 heteroatoms. The molecule has 140 valence electrons. The molecule has 26 heavy (non-hydrogen) atoms. The topological polar surface area (TPSA) is 64.3 Å². The van der Waals surface area contributed by atoms with E-state index in [1.807, 2.05) is 6.07 Å². The number of alkyl halides is 3. The highest BCUT2D eigenvalue weighted by atomic mass is 19.4. The zero-order chi connectivity index (χ0) is 19.4. The van der Waals surface area contributed by atoms with Crippen LogP contribution >= 0.6 is 0 Å². The Bertz CT molecular complexity index is 746. The lowest BCUT2D eigenvalue weighted by molar-refractivity contribution is -0.139. The van der Waals surface area contributed by atoms with Crippen LogP contribution in [0.15, 0.2) is 54.6 Å². The predicted octanol–water partition coefficient (Wildman–Crippen LogP) is 3.46. The molecule has 2 atom stereocenters. The van der Waals surface area contributed by atoms with Crippen molar-refractivity contribution in [3.05, 3.63) is 65.7 Å². The Labute approximate surface area is 150 Å². The van der Waals surface area contributed by atoms with Crippen molar-refractivity contribution in [1.29, 1.82) is 0 Å². The zero-order valence-electron chi connectivity index (χ0n) is 14.5. The molecule has 3 N–H and O–H groups in total. The Morgan fingerprint density at radius 2 is 1.69 bits per heavy atom. The zero-order valence-corrected chi connectivity index (χ0v) is 14.5. The number of nitrogens with two attached hydrogens (primary N) is 1. The van der Waals surface area contributed by atoms with E-state index in [0.717, 1.165) is 6.07 Å². The number of amides is 1. The summed E-state index contributed by atoms with van der Waals surface area (Å²) in [6, 6.07) is 13.2. The van der Waals surface area contributed by atoms with Crippen molar-refractivity contribution >= 4 is 5.91 Å². The van der Waals surface area contributed by atoms with E-state index in [4.69, 9.17) is 10.5 Å². The maximum atomic E-state index is 13.0. The number of rotatable bonds is 6. The normalized spacial score (nSPS) is 15.0. The van der Waals surface area contributed by atoms with E-state index in [2.05, 4.69) is 5.32 Å². The van der Waals surface area contributed by atoms with Crippen molar-refractivity contribution < 1.29 is 22.7 Å². The Balaban J connectivity index is 2.00. The Hall–Kier alpha value is -2.54. The molecule has 2 rings (SSSR count). The van der Waals surface area contributed by atoms with Crippen LogP contribution in [0.3, 0.4) is 0 Å². The van der Waals surface area contributed by atoms with Crippen LogP contribution in [0.1, 0.15) is 25.0 Å². The molecule has 0 saturated carbocycles. The molecular weight excluding hydrogens is 345 g/mol. The predicted molar refractivity (Wildman–Crippen MR) is 92.5 cm³/mol. The van der Waals surface area contributed by atoms with Gasteiger partial charge in [-0.15, -0.1) is 0 Å². The van der Waals surface area contributed by atoms with Crippen molar-refractivity contribution in [3.63, 3.8) is 0 Å². The van der Waals surface area contributed by atoms with Crippen molar-refractivity contribution in [1.82, 2.24) is 5.32 Å². The second-order valence-electron chi connectivity index (χ2n) is 6.25. The lowest BCUT2D eigenvalue weighted by Gasteiger charge is -2.26. The van der Waals surface area contributed by atoms with Crippen LogP contribution in [-0.4, -0.2) is 18.6 Å². The molecule has 2 unspecified atom stereocenters. The lowest BCUT2D eigenvalue weighted by atomic mass is 9.92. The SMILES string of the molecule is CC(COc1ccccc1C(F)(F)F)NC(=O)C(C)(N)c1ccccc1. The van der Waals surface area contributed by atoms with Gasteiger partial charge in [0.05, 0.1) is 11.6 Å². The first-order chi connectivity index (χ1) is 12.1. The summed E-state index contributed by atoms with van der Waals surface area (Å²) in [4.78, 5) is 12.4. The van der Waals surface area contributed by atoms with Gasteiger partial charge in [0.2, 0.25) is 5.91 Å². The Morgan fingerprint density at radius 1 is 1.12 bits per heavy atom. The smallest absolute Gasteiger partial charge is 0.419 e. The molecule has 0 aliphatic heterocycles. The fraction of sp³-hybridized carbons (Fsp3) is 0.316. The van der Waals surface area contributed by atoms with Crippen molar-refractivity contribution in [2.75, 3.05) is 6.61 Å². The molecule has 0 saturated heterocycles. The van der Waals surface area contributed by atoms with E-state index in [-0.39, 0.29) is 12.4 Å². The quantitative estimate of drug-likeness (QED) is 0.823. The molecular formula is C19H21F3N2O2. The second-order valence-corrected chi connectivity index (χ2v) is 6.25. The number of benzene rings is 2. The highest BCUT2D eigenvalue weighted by Crippen LogP contribution is 2.35. The molecule has 0 aliphatic carbocycles. The van der Waals surface area contributed by atoms with Gasteiger partial charge in [0.1, 0.15) is 17.9 Å². The molecule has 0 aliphatic rings. The van der Waals surface area contributed by atoms with Crippen LogP contribution in [-0.2, 0) is 16.5 Å². The van der Waals surface area contributed by atoms with Gasteiger partial charge >= 0.3 is 6.18 Å². The molecule has 2 aromatic carbocycles. The van der Waals surface area contributed by atoms with Crippen LogP contribution in [0.25, 0.3) is 0 Å². The highest BCUT2D eigenvalue weighted by Gasteiger charge is 2.34. The number of carbonyl (C=O) groups is 1. The first-order valence-corrected chi connectivity index (χ1v) is 8.06. The lowest BCUT2D eigenvalue weighted by Crippen LogP contribution is -2.52. The molecule has 1 amide bonds. The summed E-state index contributed by atoms with van der Waals surface area (Å²) in [5.41, 5.74) is 4.63. The third-order valence-corrected chi connectivity index (χ3v) is 3.90. The maximum Gasteiger partial charge on any atom is 0.419 e. The van der Waals surface area contributed by atoms with E-state index < -0.39 is 29.2 Å². The second kappa shape index (κ2) is 7.78. The van der Waals surface area contributed by atoms with Gasteiger partial charge in [-0.05, 0) is 31.5 Å². The van der Waals surface area contributed by atoms with Gasteiger partial charge in [-0.3, -0.25) is 4.79 Å². The van der Waals surface area contributed by atoms with Gasteiger partial charge in [0.25, 0.3) is 0 Å². The van der Waals surface area contributed by atoms with Crippen molar-refractivity contribution in [2.45, 2.75) is 31.6 Å². The number of halogens is 3. The minimum absolute atomic E-state index is 0.121. The summed E-state index contributed by atoms with van der Waals surface area (Å²) in [6.07, 6.45) is -4.51. The summed E-state index contributed by atoms with van der Waals surface area (Å²) in [6.45, 7) is 3.09. The van der Waals surface area contributed by atoms with E-state index in [1.54, 1.807) is 38.1 Å². The highest BCUT2D eigenvalue weighted by molar-refractivity contribution is 5.87. The first kappa shape index (κ1) is 19.8. The van der Waals surface area contributed by atoms with Gasteiger partial charge in [-0.1, -0.05) is 42.5 Å². The van der Waals surface area contributed by atoms with E-state index >= 15 is 0 Å². The Kier molecular flexibility index (Phi) is 5.92. The van der Waals surface area contributed by atoms with Gasteiger partial charge in [0, 0.05) is 0 Å². The van der Waals surface area contributed by atoms with Crippen LogP contribution in [0.5, 0.6) is 5.75 Å². The first-order valence-electron chi connectivity index (χ1n) is 8.06. The number of hydrogen-bond donors (Lipinski definition) is 2. The number of ether oxygens (including phenoxy) is 1. The molecule has 2 aromatic rings. The standard InChI is InChI=1S/C19H21F3N2O2/c1-13(12-26-16-11-7-6-10-15(16)19(20,21)22)24-17(25)18(2,23)14-8-4-3-5-9-14/h3-11,13H,12,23H2,1-2H3,(H,24,25). The third-order valence-electron chi connectivity index (χ3n) is 3.90. The van der Waals surface area contributed by atoms with Gasteiger partial charge in [-0.2, -0.15) is 13.2 Å². The van der Waals surface area contributed by atoms with Crippen LogP contribution in [0.4, 0.5) is 13.2 Å². The molecule has 0 bridgehead atoms. The molecule has 0 aromatic heterocycles. The summed E-state index contributed by atoms with van der Waals surface area (Å²) < 4.78 is 44.2. The molecule has 0 heterocycles. The van der Waals surface area contributed by atoms with Crippen LogP contribution < -0.4 is 15.8 Å². The van der Waals surface area contributed by atoms with Gasteiger partial charge in [0.15, 0.2) is 0 Å². The van der Waals surface area contributed by atoms with Crippen LogP contribution in [0, 0.1) is 0 Å². The molecule has 4 nitrogen and oxygen atoms in total. The van der Waals surface area contributed by atoms with E-state index in [1.165, 1.54) is 18.2 Å². The van der Waals surface area contributed by atoms with E-state index in [9.17, 15) is 18.0 Å². The van der Waals surface area contributed by atoms with E-state index in [0.29, 0.717) is 5.56 Å². The minimum Gasteiger partial charge on any atom is -0.491 e. The average molecular weight is 366 g/mol. The third kappa shape index (κ3) is 4.76. The summed E-state index contributed by atoms with van der Waals surface area (Å²) in [5, 5.41) is 2.68. The fourth-order valence-corrected chi connectivity index (χ4v) is 2.37. The monoisotopic (exact) mass is 366 g/mol. The number of hydrogen-bond acceptors (Lipinski definition) is 3. The Morgan fingerprint density at radius 3 is 2.31 bits per heavy atom. The fourth-order valence-electron chi connectivity index (χ4n) is 2.37. The molecule has 0 spiro atoms. The van der Waals surface area contributed by atoms with Crippen molar-refractivity contribution in [3.8, 4) is 5.75 Å². The molecule has 0 radical (unpaired) electrons. The summed E-state index contributed by atoms with van der Waals surface area (Å²) in [5.74, 6) is -0.719. The summed E-state index contributed by atoms with van der Waals surface area (Å²) in [7, 11) is 0. The average Bonchev–Trinajstić information content (AvgIpc) is 2.60. The number of nitrogens with one attached hydrogen (secondary N) is 1. The van der Waals surface area contributed by atoms with Crippen molar-refractivity contribution in [2.24, 2.45) is 5.73 Å². The number of carbonyl (C=O) groups excluding carboxylic acids is 1. The summed E-state index contributed by atoms with van der Waals surface area (Å²) >= 11 is 0. The number of para-hydroxylation sites is 1. The largest absolute Gasteiger partial charge is 0.491 e.